The molecule has 6 heteroatoms. The van der Waals surface area contributed by atoms with E-state index in [2.05, 4.69) is 10.3 Å². The molecule has 94 valence electrons. The summed E-state index contributed by atoms with van der Waals surface area (Å²) in [4.78, 5) is 22.3. The lowest BCUT2D eigenvalue weighted by Crippen LogP contribution is -2.25. The summed E-state index contributed by atoms with van der Waals surface area (Å²) in [6.07, 6.45) is 1.64. The van der Waals surface area contributed by atoms with Gasteiger partial charge < -0.3 is 4.74 Å². The molecule has 17 heavy (non-hydrogen) atoms. The molecule has 0 aliphatic rings. The van der Waals surface area contributed by atoms with E-state index < -0.39 is 5.60 Å². The van der Waals surface area contributed by atoms with Gasteiger partial charge in [-0.3, -0.25) is 9.59 Å². The van der Waals surface area contributed by atoms with Crippen LogP contribution in [0, 0.1) is 0 Å². The Kier molecular flexibility index (Phi) is 3.98. The Morgan fingerprint density at radius 3 is 2.59 bits per heavy atom. The summed E-state index contributed by atoms with van der Waals surface area (Å²) in [5.74, 6) is -0.369. The molecule has 0 radical (unpaired) electrons. The Hall–Kier alpha value is -1.72. The molecule has 1 aromatic heterocycles. The molecule has 0 saturated carbocycles. The SMILES string of the molecule is CC(=O)Cn1cc(CC(=O)OC(C)(C)C)nn1. The third-order valence-electron chi connectivity index (χ3n) is 1.72. The molecule has 0 aliphatic carbocycles. The second kappa shape index (κ2) is 5.07. The molecule has 0 bridgehead atoms. The number of ether oxygens (including phenoxy) is 1. The monoisotopic (exact) mass is 239 g/mol. The van der Waals surface area contributed by atoms with Crippen molar-refractivity contribution in [3.05, 3.63) is 11.9 Å². The number of esters is 1. The van der Waals surface area contributed by atoms with Crippen molar-refractivity contribution in [3.63, 3.8) is 0 Å². The van der Waals surface area contributed by atoms with Gasteiger partial charge in [0.1, 0.15) is 12.1 Å². The van der Waals surface area contributed by atoms with Crippen LogP contribution < -0.4 is 0 Å². The fourth-order valence-electron chi connectivity index (χ4n) is 1.25. The number of hydrogen-bond donors (Lipinski definition) is 0. The minimum atomic E-state index is -0.507. The number of carbonyl (C=O) groups excluding carboxylic acids is 2. The van der Waals surface area contributed by atoms with Crippen molar-refractivity contribution >= 4 is 11.8 Å². The average Bonchev–Trinajstić information content (AvgIpc) is 2.46. The third-order valence-corrected chi connectivity index (χ3v) is 1.72. The highest BCUT2D eigenvalue weighted by molar-refractivity contribution is 5.75. The minimum absolute atomic E-state index is 0.0151. The topological polar surface area (TPSA) is 74.1 Å². The maximum Gasteiger partial charge on any atom is 0.312 e. The predicted octanol–water partition coefficient (Wildman–Crippen LogP) is 0.751. The Bertz CT molecular complexity index is 418. The van der Waals surface area contributed by atoms with Gasteiger partial charge in [-0.15, -0.1) is 5.10 Å². The normalized spacial score (nSPS) is 11.3. The fourth-order valence-corrected chi connectivity index (χ4v) is 1.25. The van der Waals surface area contributed by atoms with Gasteiger partial charge in [-0.2, -0.15) is 0 Å². The predicted molar refractivity (Wildman–Crippen MR) is 60.3 cm³/mol. The molecule has 1 heterocycles. The summed E-state index contributed by atoms with van der Waals surface area (Å²) in [5.41, 5.74) is -0.00702. The minimum Gasteiger partial charge on any atom is -0.460 e. The quantitative estimate of drug-likeness (QED) is 0.725. The van der Waals surface area contributed by atoms with Crippen molar-refractivity contribution in [2.75, 3.05) is 0 Å². The summed E-state index contributed by atoms with van der Waals surface area (Å²) in [6.45, 7) is 7.04. The van der Waals surface area contributed by atoms with Crippen LogP contribution in [0.2, 0.25) is 0 Å². The zero-order valence-corrected chi connectivity index (χ0v) is 10.6. The summed E-state index contributed by atoms with van der Waals surface area (Å²) in [6, 6.07) is 0. The highest BCUT2D eigenvalue weighted by atomic mass is 16.6. The van der Waals surface area contributed by atoms with E-state index in [1.54, 1.807) is 27.0 Å². The highest BCUT2D eigenvalue weighted by Gasteiger charge is 2.17. The number of Topliss-reactive ketones (excluding diaryl/α,β-unsaturated/α-hetero) is 1. The maximum atomic E-state index is 11.5. The molecule has 0 unspecified atom stereocenters. The van der Waals surface area contributed by atoms with E-state index in [1.165, 1.54) is 11.6 Å². The second-order valence-corrected chi connectivity index (χ2v) is 4.87. The summed E-state index contributed by atoms with van der Waals surface area (Å²) >= 11 is 0. The van der Waals surface area contributed by atoms with Gasteiger partial charge >= 0.3 is 5.97 Å². The van der Waals surface area contributed by atoms with E-state index >= 15 is 0 Å². The van der Waals surface area contributed by atoms with Crippen LogP contribution in [0.5, 0.6) is 0 Å². The van der Waals surface area contributed by atoms with Gasteiger partial charge in [0.25, 0.3) is 0 Å². The first kappa shape index (κ1) is 13.3. The number of aromatic nitrogens is 3. The lowest BCUT2D eigenvalue weighted by atomic mass is 10.2. The molecular weight excluding hydrogens is 222 g/mol. The van der Waals surface area contributed by atoms with Crippen molar-refractivity contribution in [3.8, 4) is 0 Å². The van der Waals surface area contributed by atoms with Crippen LogP contribution in [-0.2, 0) is 27.3 Å². The van der Waals surface area contributed by atoms with E-state index in [0.717, 1.165) is 0 Å². The first-order valence-electron chi connectivity index (χ1n) is 5.36. The van der Waals surface area contributed by atoms with E-state index in [9.17, 15) is 9.59 Å². The van der Waals surface area contributed by atoms with Gasteiger partial charge in [-0.1, -0.05) is 5.21 Å². The van der Waals surface area contributed by atoms with Crippen LogP contribution in [0.1, 0.15) is 33.4 Å². The maximum absolute atomic E-state index is 11.5. The molecule has 0 fully saturated rings. The van der Waals surface area contributed by atoms with Crippen LogP contribution in [0.4, 0.5) is 0 Å². The van der Waals surface area contributed by atoms with Gasteiger partial charge in [-0.05, 0) is 27.7 Å². The molecule has 1 rings (SSSR count). The van der Waals surface area contributed by atoms with Gasteiger partial charge in [0, 0.05) is 6.20 Å². The van der Waals surface area contributed by atoms with E-state index in [0.29, 0.717) is 5.69 Å². The second-order valence-electron chi connectivity index (χ2n) is 4.87. The Morgan fingerprint density at radius 1 is 1.41 bits per heavy atom. The average molecular weight is 239 g/mol. The van der Waals surface area contributed by atoms with Crippen molar-refractivity contribution < 1.29 is 14.3 Å². The zero-order chi connectivity index (χ0) is 13.1. The Labute approximate surface area is 99.9 Å². The van der Waals surface area contributed by atoms with Gasteiger partial charge in [0.05, 0.1) is 12.1 Å². The Morgan fingerprint density at radius 2 is 2.06 bits per heavy atom. The first-order valence-corrected chi connectivity index (χ1v) is 5.36. The molecule has 0 aromatic carbocycles. The third kappa shape index (κ3) is 5.24. The van der Waals surface area contributed by atoms with Crippen molar-refractivity contribution in [2.24, 2.45) is 0 Å². The number of hydrogen-bond acceptors (Lipinski definition) is 5. The van der Waals surface area contributed by atoms with Gasteiger partial charge in [0.2, 0.25) is 0 Å². The largest absolute Gasteiger partial charge is 0.460 e. The van der Waals surface area contributed by atoms with Crippen molar-refractivity contribution in [1.29, 1.82) is 0 Å². The molecule has 0 amide bonds. The lowest BCUT2D eigenvalue weighted by Gasteiger charge is -2.18. The van der Waals surface area contributed by atoms with Crippen LogP contribution in [0.3, 0.4) is 0 Å². The van der Waals surface area contributed by atoms with Crippen LogP contribution >= 0.6 is 0 Å². The van der Waals surface area contributed by atoms with E-state index in [4.69, 9.17) is 4.74 Å². The van der Waals surface area contributed by atoms with Gasteiger partial charge in [-0.25, -0.2) is 4.68 Å². The number of rotatable bonds is 4. The Balaban J connectivity index is 2.55. The molecular formula is C11H17N3O3. The lowest BCUT2D eigenvalue weighted by molar-refractivity contribution is -0.154. The molecule has 0 N–H and O–H groups in total. The molecule has 0 atom stereocenters. The molecule has 6 nitrogen and oxygen atoms in total. The van der Waals surface area contributed by atoms with Crippen molar-refractivity contribution in [2.45, 2.75) is 46.3 Å². The zero-order valence-electron chi connectivity index (χ0n) is 10.6. The van der Waals surface area contributed by atoms with Gasteiger partial charge in [0.15, 0.2) is 5.78 Å². The van der Waals surface area contributed by atoms with Crippen LogP contribution in [-0.4, -0.2) is 32.3 Å². The highest BCUT2D eigenvalue weighted by Crippen LogP contribution is 2.08. The number of ketones is 1. The number of nitrogens with zero attached hydrogens (tertiary/aromatic N) is 3. The number of carbonyl (C=O) groups is 2. The smallest absolute Gasteiger partial charge is 0.312 e. The molecule has 0 spiro atoms. The molecule has 1 aromatic rings. The molecule has 0 saturated heterocycles. The van der Waals surface area contributed by atoms with Crippen LogP contribution in [0.15, 0.2) is 6.20 Å². The summed E-state index contributed by atoms with van der Waals surface area (Å²) < 4.78 is 6.55. The summed E-state index contributed by atoms with van der Waals surface area (Å²) in [5, 5.41) is 7.54. The van der Waals surface area contributed by atoms with E-state index in [-0.39, 0.29) is 24.7 Å². The summed E-state index contributed by atoms with van der Waals surface area (Å²) in [7, 11) is 0. The fraction of sp³-hybridized carbons (Fsp3) is 0.636. The first-order chi connectivity index (χ1) is 7.76. The van der Waals surface area contributed by atoms with Crippen LogP contribution in [0.25, 0.3) is 0 Å². The standard InChI is InChI=1S/C11H17N3O3/c1-8(15)6-14-7-9(12-13-14)5-10(16)17-11(2,3)4/h7H,5-6H2,1-4H3. The van der Waals surface area contributed by atoms with E-state index in [1.807, 2.05) is 0 Å². The van der Waals surface area contributed by atoms with Crippen molar-refractivity contribution in [1.82, 2.24) is 15.0 Å². The molecule has 0 aliphatic heterocycles.